The van der Waals surface area contributed by atoms with Gasteiger partial charge in [-0.1, -0.05) is 36.0 Å². The first kappa shape index (κ1) is 9.92. The van der Waals surface area contributed by atoms with Gasteiger partial charge in [-0.2, -0.15) is 0 Å². The van der Waals surface area contributed by atoms with Gasteiger partial charge in [0.25, 0.3) is 0 Å². The van der Waals surface area contributed by atoms with Gasteiger partial charge in [-0.25, -0.2) is 0 Å². The van der Waals surface area contributed by atoms with Crippen LogP contribution in [0.4, 0.5) is 0 Å². The highest BCUT2D eigenvalue weighted by Gasteiger charge is 2.05. The monoisotopic (exact) mass is 200 g/mol. The molecule has 0 spiro atoms. The van der Waals surface area contributed by atoms with Crippen molar-refractivity contribution in [1.29, 1.82) is 0 Å². The van der Waals surface area contributed by atoms with Crippen molar-refractivity contribution in [3.63, 3.8) is 0 Å². The normalized spacial score (nSPS) is 9.06. The van der Waals surface area contributed by atoms with Crippen LogP contribution in [0.3, 0.4) is 0 Å². The summed E-state index contributed by atoms with van der Waals surface area (Å²) in [6, 6.07) is 9.46. The maximum Gasteiger partial charge on any atom is 0.0477 e. The first-order valence-electron chi connectivity index (χ1n) is 4.77. The zero-order chi connectivity index (χ0) is 11.5. The van der Waals surface area contributed by atoms with Gasteiger partial charge in [0.2, 0.25) is 0 Å². The predicted octanol–water partition coefficient (Wildman–Crippen LogP) is 2.78. The van der Waals surface area contributed by atoms with Crippen LogP contribution in [-0.4, -0.2) is 0 Å². The fraction of sp³-hybridized carbons (Fsp3) is 0. The zero-order valence-electron chi connectivity index (χ0n) is 8.62. The van der Waals surface area contributed by atoms with E-state index in [9.17, 15) is 0 Å². The first-order valence-corrected chi connectivity index (χ1v) is 4.77. The summed E-state index contributed by atoms with van der Waals surface area (Å²) in [5.74, 6) is 7.85. The third kappa shape index (κ3) is 1.33. The average Bonchev–Trinajstić information content (AvgIpc) is 2.36. The van der Waals surface area contributed by atoms with Gasteiger partial charge >= 0.3 is 0 Å². The standard InChI is InChI=1S/C16H8/c1-4-12-8-7-9-16-14(6-3)13(5-2)10-11-15(12)16/h1-3,7-11H. The van der Waals surface area contributed by atoms with Crippen molar-refractivity contribution in [2.45, 2.75) is 0 Å². The third-order valence-corrected chi connectivity index (χ3v) is 2.52. The van der Waals surface area contributed by atoms with E-state index in [4.69, 9.17) is 19.3 Å². The molecule has 0 unspecified atom stereocenters. The molecule has 0 atom stereocenters. The molecule has 0 amide bonds. The van der Waals surface area contributed by atoms with Crippen LogP contribution in [0.15, 0.2) is 30.3 Å². The average molecular weight is 200 g/mol. The summed E-state index contributed by atoms with van der Waals surface area (Å²) < 4.78 is 0. The molecule has 2 aromatic carbocycles. The number of rotatable bonds is 0. The molecule has 0 radical (unpaired) electrons. The van der Waals surface area contributed by atoms with Crippen LogP contribution in [0.25, 0.3) is 10.8 Å². The highest BCUT2D eigenvalue weighted by Crippen LogP contribution is 2.24. The first-order chi connectivity index (χ1) is 7.81. The lowest BCUT2D eigenvalue weighted by Gasteiger charge is -2.05. The minimum Gasteiger partial charge on any atom is -0.115 e. The summed E-state index contributed by atoms with van der Waals surface area (Å²) >= 11 is 0. The van der Waals surface area contributed by atoms with Gasteiger partial charge in [-0.15, -0.1) is 19.3 Å². The van der Waals surface area contributed by atoms with Crippen LogP contribution in [0.2, 0.25) is 0 Å². The number of benzene rings is 2. The van der Waals surface area contributed by atoms with Crippen molar-refractivity contribution in [1.82, 2.24) is 0 Å². The molecule has 0 fully saturated rings. The van der Waals surface area contributed by atoms with E-state index in [-0.39, 0.29) is 0 Å². The Labute approximate surface area is 95.3 Å². The molecule has 2 aromatic rings. The lowest BCUT2D eigenvalue weighted by molar-refractivity contribution is 1.63. The second-order valence-electron chi connectivity index (χ2n) is 3.32. The molecular weight excluding hydrogens is 192 g/mol. The molecule has 0 aromatic heterocycles. The maximum atomic E-state index is 5.49. The van der Waals surface area contributed by atoms with Crippen molar-refractivity contribution in [3.8, 4) is 37.0 Å². The van der Waals surface area contributed by atoms with Gasteiger partial charge in [-0.3, -0.25) is 0 Å². The van der Waals surface area contributed by atoms with Crippen molar-refractivity contribution >= 4 is 10.8 Å². The Morgan fingerprint density at radius 2 is 1.44 bits per heavy atom. The highest BCUT2D eigenvalue weighted by atomic mass is 14.1. The molecule has 0 aliphatic rings. The molecule has 2 rings (SSSR count). The van der Waals surface area contributed by atoms with Crippen LogP contribution in [-0.2, 0) is 0 Å². The van der Waals surface area contributed by atoms with E-state index >= 15 is 0 Å². The van der Waals surface area contributed by atoms with E-state index in [1.54, 1.807) is 0 Å². The van der Waals surface area contributed by atoms with Crippen molar-refractivity contribution in [2.75, 3.05) is 0 Å². The maximum absolute atomic E-state index is 5.49. The highest BCUT2D eigenvalue weighted by molar-refractivity contribution is 5.94. The van der Waals surface area contributed by atoms with Gasteiger partial charge in [0.1, 0.15) is 0 Å². The summed E-state index contributed by atoms with van der Waals surface area (Å²) in [5.41, 5.74) is 2.29. The lowest BCUT2D eigenvalue weighted by atomic mass is 9.97. The van der Waals surface area contributed by atoms with E-state index in [0.29, 0.717) is 0 Å². The molecule has 0 N–H and O–H groups in total. The van der Waals surface area contributed by atoms with Crippen molar-refractivity contribution < 1.29 is 0 Å². The molecule has 0 heteroatoms. The molecule has 0 saturated heterocycles. The minimum absolute atomic E-state index is 0.726. The summed E-state index contributed by atoms with van der Waals surface area (Å²) in [5, 5.41) is 1.91. The molecule has 0 saturated carbocycles. The van der Waals surface area contributed by atoms with Crippen molar-refractivity contribution in [3.05, 3.63) is 47.0 Å². The van der Waals surface area contributed by atoms with Crippen LogP contribution in [0.1, 0.15) is 16.7 Å². The topological polar surface area (TPSA) is 0 Å². The molecule has 0 nitrogen and oxygen atoms in total. The van der Waals surface area contributed by atoms with Crippen LogP contribution in [0, 0.1) is 37.0 Å². The SMILES string of the molecule is C#Cc1ccc2c(C#C)cccc2c1C#C. The molecular formula is C16H8. The minimum atomic E-state index is 0.726. The summed E-state index contributed by atoms with van der Waals surface area (Å²) in [6.45, 7) is 0. The van der Waals surface area contributed by atoms with E-state index in [0.717, 1.165) is 27.5 Å². The third-order valence-electron chi connectivity index (χ3n) is 2.52. The van der Waals surface area contributed by atoms with E-state index in [1.165, 1.54) is 0 Å². The number of hydrogen-bond acceptors (Lipinski definition) is 0. The number of hydrogen-bond donors (Lipinski definition) is 0. The van der Waals surface area contributed by atoms with Gasteiger partial charge < -0.3 is 0 Å². The molecule has 0 aliphatic carbocycles. The smallest absolute Gasteiger partial charge is 0.0477 e. The summed E-state index contributed by atoms with van der Waals surface area (Å²) in [4.78, 5) is 0. The summed E-state index contributed by atoms with van der Waals surface area (Å²) in [7, 11) is 0. The van der Waals surface area contributed by atoms with Crippen molar-refractivity contribution in [2.24, 2.45) is 0 Å². The quantitative estimate of drug-likeness (QED) is 0.574. The van der Waals surface area contributed by atoms with E-state index in [1.807, 2.05) is 30.3 Å². The molecule has 72 valence electrons. The fourth-order valence-electron chi connectivity index (χ4n) is 1.76. The molecule has 0 bridgehead atoms. The molecule has 16 heavy (non-hydrogen) atoms. The fourth-order valence-corrected chi connectivity index (χ4v) is 1.76. The van der Waals surface area contributed by atoms with Gasteiger partial charge in [0.05, 0.1) is 0 Å². The van der Waals surface area contributed by atoms with Gasteiger partial charge in [-0.05, 0) is 22.9 Å². The molecule has 0 aliphatic heterocycles. The number of fused-ring (bicyclic) bond motifs is 1. The summed E-state index contributed by atoms with van der Waals surface area (Å²) in [6.07, 6.45) is 16.3. The van der Waals surface area contributed by atoms with Gasteiger partial charge in [0.15, 0.2) is 0 Å². The Bertz CT molecular complexity index is 683. The second-order valence-corrected chi connectivity index (χ2v) is 3.32. The van der Waals surface area contributed by atoms with Crippen LogP contribution < -0.4 is 0 Å². The van der Waals surface area contributed by atoms with E-state index < -0.39 is 0 Å². The van der Waals surface area contributed by atoms with Crippen LogP contribution >= 0.6 is 0 Å². The Hall–Kier alpha value is -2.62. The Morgan fingerprint density at radius 3 is 2.06 bits per heavy atom. The molecule has 0 heterocycles. The van der Waals surface area contributed by atoms with Gasteiger partial charge in [0, 0.05) is 16.7 Å². The second kappa shape index (κ2) is 3.86. The Morgan fingerprint density at radius 1 is 0.688 bits per heavy atom. The van der Waals surface area contributed by atoms with E-state index in [2.05, 4.69) is 17.8 Å². The zero-order valence-corrected chi connectivity index (χ0v) is 8.62. The predicted molar refractivity (Wildman–Crippen MR) is 67.8 cm³/mol. The Kier molecular flexibility index (Phi) is 2.39. The number of terminal acetylenes is 3. The largest absolute Gasteiger partial charge is 0.115 e. The Balaban J connectivity index is 2.99. The lowest BCUT2D eigenvalue weighted by Crippen LogP contribution is -1.88. The van der Waals surface area contributed by atoms with Crippen LogP contribution in [0.5, 0.6) is 0 Å².